The lowest BCUT2D eigenvalue weighted by Gasteiger charge is -2.69. The third-order valence-electron chi connectivity index (χ3n) is 15.5. The number of nitrogen functional groups attached to an aromatic ring is 1. The zero-order chi connectivity index (χ0) is 44.6. The van der Waals surface area contributed by atoms with Crippen LogP contribution in [0.2, 0.25) is 0 Å². The molecule has 4 fully saturated rings. The number of allylic oxidation sites excluding steroid dienone is 2. The first-order valence-corrected chi connectivity index (χ1v) is 22.4. The fraction of sp³-hybridized carbons (Fsp3) is 0.500. The topological polar surface area (TPSA) is 154 Å². The highest BCUT2D eigenvalue weighted by Crippen LogP contribution is 2.74. The molecule has 0 spiro atoms. The standard InChI is InChI=1S/C52H64N2O8/c1-31(2)15-13-22-39(48(58)60-30-34-16-9-8-10-17-34)45-41-28-42(56)46-50(5)25-24-43(32(3)40(50)23-26-51(46,6)52(41,7)29-44(45)61-33(4)55)62-49(59)38-21-12-11-20-37(38)47(57)54-36-19-14-18-35(53)27-36/h8-12,14-21,27,32,40-44,46,56H,13,22-26,28-30,53H2,1-7H3,(H,54,57)/b45-39-/t32-,40-,41-,42+,43+,44-,46-,50-,51-,52-/m0/s1. The van der Waals surface area contributed by atoms with Gasteiger partial charge in [0.15, 0.2) is 0 Å². The first kappa shape index (κ1) is 44.8. The number of hydrogen-bond donors (Lipinski definition) is 3. The summed E-state index contributed by atoms with van der Waals surface area (Å²) in [6.07, 6.45) is 5.50. The lowest BCUT2D eigenvalue weighted by Crippen LogP contribution is -2.65. The molecule has 10 heteroatoms. The molecule has 0 heterocycles. The van der Waals surface area contributed by atoms with Crippen LogP contribution in [0.1, 0.15) is 126 Å². The van der Waals surface area contributed by atoms with Crippen molar-refractivity contribution in [3.05, 3.63) is 118 Å². The molecule has 0 saturated heterocycles. The number of esters is 3. The summed E-state index contributed by atoms with van der Waals surface area (Å²) in [6, 6.07) is 23.2. The Balaban J connectivity index is 1.15. The first-order chi connectivity index (χ1) is 29.5. The number of aliphatic hydroxyl groups excluding tert-OH is 1. The molecule has 4 aliphatic carbocycles. The number of amides is 1. The quantitative estimate of drug-likeness (QED) is 0.0563. The number of nitrogens with two attached hydrogens (primary N) is 1. The van der Waals surface area contributed by atoms with E-state index in [4.69, 9.17) is 19.9 Å². The molecule has 0 unspecified atom stereocenters. The molecule has 4 N–H and O–H groups in total. The predicted octanol–water partition coefficient (Wildman–Crippen LogP) is 10.0. The van der Waals surface area contributed by atoms with E-state index >= 15 is 0 Å². The monoisotopic (exact) mass is 844 g/mol. The van der Waals surface area contributed by atoms with Crippen LogP contribution in [-0.4, -0.2) is 47.2 Å². The van der Waals surface area contributed by atoms with E-state index < -0.39 is 41.4 Å². The summed E-state index contributed by atoms with van der Waals surface area (Å²) < 4.78 is 18.5. The van der Waals surface area contributed by atoms with E-state index in [1.54, 1.807) is 48.5 Å². The Labute approximate surface area is 366 Å². The summed E-state index contributed by atoms with van der Waals surface area (Å²) in [5.41, 5.74) is 9.69. The smallest absolute Gasteiger partial charge is 0.339 e. The number of carbonyl (C=O) groups is 4. The lowest BCUT2D eigenvalue weighted by molar-refractivity contribution is -0.234. The van der Waals surface area contributed by atoms with Crippen LogP contribution < -0.4 is 11.1 Å². The van der Waals surface area contributed by atoms with Crippen LogP contribution in [-0.2, 0) is 30.4 Å². The molecule has 62 heavy (non-hydrogen) atoms. The molecule has 3 aromatic rings. The maximum atomic E-state index is 14.3. The van der Waals surface area contributed by atoms with Gasteiger partial charge in [0.1, 0.15) is 18.8 Å². The Morgan fingerprint density at radius 1 is 0.871 bits per heavy atom. The summed E-state index contributed by atoms with van der Waals surface area (Å²) >= 11 is 0. The van der Waals surface area contributed by atoms with E-state index in [1.165, 1.54) is 6.92 Å². The lowest BCUT2D eigenvalue weighted by atomic mass is 9.36. The van der Waals surface area contributed by atoms with Gasteiger partial charge in [0.25, 0.3) is 5.91 Å². The van der Waals surface area contributed by atoms with Crippen molar-refractivity contribution in [3.8, 4) is 0 Å². The van der Waals surface area contributed by atoms with Crippen LogP contribution in [0.3, 0.4) is 0 Å². The van der Waals surface area contributed by atoms with Gasteiger partial charge in [0, 0.05) is 23.9 Å². The zero-order valence-electron chi connectivity index (χ0n) is 37.4. The molecule has 1 amide bonds. The van der Waals surface area contributed by atoms with Crippen LogP contribution in [0.25, 0.3) is 0 Å². The van der Waals surface area contributed by atoms with Crippen molar-refractivity contribution >= 4 is 35.2 Å². The van der Waals surface area contributed by atoms with Crippen molar-refractivity contribution in [1.29, 1.82) is 0 Å². The van der Waals surface area contributed by atoms with Gasteiger partial charge in [0.05, 0.1) is 17.2 Å². The number of fused-ring (bicyclic) bond motifs is 5. The summed E-state index contributed by atoms with van der Waals surface area (Å²) in [5, 5.41) is 15.5. The highest BCUT2D eigenvalue weighted by atomic mass is 16.6. The molecule has 10 atom stereocenters. The Hall–Kier alpha value is -5.22. The Kier molecular flexibility index (Phi) is 12.9. The second-order valence-electron chi connectivity index (χ2n) is 19.4. The molecule has 0 aliphatic heterocycles. The third-order valence-corrected chi connectivity index (χ3v) is 15.5. The van der Waals surface area contributed by atoms with Crippen molar-refractivity contribution in [2.45, 2.75) is 125 Å². The minimum atomic E-state index is -0.687. The SMILES string of the molecule is CC(=O)O[C@H]1C[C@@]2(C)[C@@H](C[C@@H](O)[C@H]3[C@@]4(C)CC[C@@H](OC(=O)c5ccccc5C(=O)Nc5cccc(N)c5)[C@@H](C)[C@@H]4CC[C@@]32C)/C1=C(\CCC=C(C)C)C(=O)OCc1ccccc1. The number of anilines is 2. The number of benzene rings is 3. The molecule has 7 rings (SSSR count). The second kappa shape index (κ2) is 17.9. The summed E-state index contributed by atoms with van der Waals surface area (Å²) in [7, 11) is 0. The average Bonchev–Trinajstić information content (AvgIpc) is 3.50. The molecule has 4 aliphatic rings. The maximum absolute atomic E-state index is 14.3. The van der Waals surface area contributed by atoms with Crippen LogP contribution >= 0.6 is 0 Å². The molecular formula is C52H64N2O8. The van der Waals surface area contributed by atoms with E-state index in [0.29, 0.717) is 49.1 Å². The minimum absolute atomic E-state index is 0.0119. The normalized spacial score (nSPS) is 31.9. The Morgan fingerprint density at radius 3 is 2.27 bits per heavy atom. The van der Waals surface area contributed by atoms with E-state index in [1.807, 2.05) is 44.2 Å². The van der Waals surface area contributed by atoms with Gasteiger partial charge in [-0.15, -0.1) is 0 Å². The van der Waals surface area contributed by atoms with Crippen molar-refractivity contribution in [1.82, 2.24) is 0 Å². The Bertz CT molecular complexity index is 2250. The minimum Gasteiger partial charge on any atom is -0.458 e. The molecule has 10 nitrogen and oxygen atoms in total. The van der Waals surface area contributed by atoms with Crippen molar-refractivity contribution in [2.24, 2.45) is 39.9 Å². The summed E-state index contributed by atoms with van der Waals surface area (Å²) in [4.78, 5) is 54.5. The van der Waals surface area contributed by atoms with Crippen molar-refractivity contribution in [2.75, 3.05) is 11.1 Å². The number of hydrogen-bond acceptors (Lipinski definition) is 9. The van der Waals surface area contributed by atoms with Crippen LogP contribution in [0.5, 0.6) is 0 Å². The van der Waals surface area contributed by atoms with E-state index in [9.17, 15) is 24.3 Å². The van der Waals surface area contributed by atoms with Gasteiger partial charge in [0.2, 0.25) is 0 Å². The summed E-state index contributed by atoms with van der Waals surface area (Å²) in [6.45, 7) is 14.7. The van der Waals surface area contributed by atoms with Crippen LogP contribution in [0, 0.1) is 39.9 Å². The van der Waals surface area contributed by atoms with Crippen molar-refractivity contribution in [3.63, 3.8) is 0 Å². The van der Waals surface area contributed by atoms with E-state index in [0.717, 1.165) is 36.0 Å². The number of carbonyl (C=O) groups excluding carboxylic acids is 4. The molecule has 4 saturated carbocycles. The van der Waals surface area contributed by atoms with Gasteiger partial charge in [-0.05, 0) is 147 Å². The number of nitrogens with one attached hydrogen (secondary N) is 1. The molecular weight excluding hydrogens is 781 g/mol. The molecule has 3 aromatic carbocycles. The molecule has 330 valence electrons. The van der Waals surface area contributed by atoms with Crippen LogP contribution in [0.15, 0.2) is 102 Å². The third kappa shape index (κ3) is 8.47. The average molecular weight is 845 g/mol. The second-order valence-corrected chi connectivity index (χ2v) is 19.4. The highest BCUT2D eigenvalue weighted by Gasteiger charge is 2.71. The van der Waals surface area contributed by atoms with E-state index in [-0.39, 0.29) is 58.3 Å². The molecule has 0 bridgehead atoms. The Morgan fingerprint density at radius 2 is 1.58 bits per heavy atom. The van der Waals surface area contributed by atoms with Gasteiger partial charge in [-0.3, -0.25) is 9.59 Å². The number of rotatable bonds is 11. The zero-order valence-corrected chi connectivity index (χ0v) is 37.4. The number of ether oxygens (including phenoxy) is 3. The van der Waals surface area contributed by atoms with Gasteiger partial charge < -0.3 is 30.4 Å². The fourth-order valence-electron chi connectivity index (χ4n) is 12.6. The van der Waals surface area contributed by atoms with Gasteiger partial charge >= 0.3 is 17.9 Å². The largest absolute Gasteiger partial charge is 0.458 e. The van der Waals surface area contributed by atoms with Crippen LogP contribution in [0.4, 0.5) is 11.4 Å². The number of aliphatic hydroxyl groups is 1. The fourth-order valence-corrected chi connectivity index (χ4v) is 12.6. The molecule has 0 radical (unpaired) electrons. The van der Waals surface area contributed by atoms with Gasteiger partial charge in [-0.2, -0.15) is 0 Å². The highest BCUT2D eigenvalue weighted by molar-refractivity contribution is 6.11. The van der Waals surface area contributed by atoms with Gasteiger partial charge in [-0.1, -0.05) is 87.9 Å². The summed E-state index contributed by atoms with van der Waals surface area (Å²) in [5.74, 6) is -1.94. The molecule has 0 aromatic heterocycles. The first-order valence-electron chi connectivity index (χ1n) is 22.4. The maximum Gasteiger partial charge on any atom is 0.339 e. The van der Waals surface area contributed by atoms with Crippen molar-refractivity contribution < 1.29 is 38.5 Å². The van der Waals surface area contributed by atoms with E-state index in [2.05, 4.69) is 39.1 Å². The van der Waals surface area contributed by atoms with Gasteiger partial charge in [-0.25, -0.2) is 9.59 Å². The predicted molar refractivity (Wildman–Crippen MR) is 240 cm³/mol.